The van der Waals surface area contributed by atoms with E-state index in [0.717, 1.165) is 65.9 Å². The second-order valence-electron chi connectivity index (χ2n) is 16.8. The van der Waals surface area contributed by atoms with Gasteiger partial charge in [-0.2, -0.15) is 9.97 Å². The Hall–Kier alpha value is -8.87. The molecule has 4 aromatic heterocycles. The fraction of sp³-hybridized carbons (Fsp3) is 0. The van der Waals surface area contributed by atoms with E-state index in [0.29, 0.717) is 17.6 Å². The van der Waals surface area contributed by atoms with Gasteiger partial charge in [0.15, 0.2) is 11.6 Å². The van der Waals surface area contributed by atoms with Crippen molar-refractivity contribution in [2.45, 2.75) is 0 Å². The Morgan fingerprint density at radius 1 is 0.246 bits per heavy atom. The summed E-state index contributed by atoms with van der Waals surface area (Å²) in [7, 11) is 0. The number of aromatic nitrogens is 6. The molecular weight excluding hydrogens is 793 g/mol. The van der Waals surface area contributed by atoms with Crippen LogP contribution in [0.1, 0.15) is 0 Å². The van der Waals surface area contributed by atoms with Crippen molar-refractivity contribution in [3.63, 3.8) is 0 Å². The lowest BCUT2D eigenvalue weighted by atomic mass is 10.0. The van der Waals surface area contributed by atoms with Gasteiger partial charge in [-0.3, -0.25) is 4.57 Å². The first-order chi connectivity index (χ1) is 32.2. The van der Waals surface area contributed by atoms with Crippen molar-refractivity contribution in [2.24, 2.45) is 0 Å². The largest absolute Gasteiger partial charge is 0.309 e. The van der Waals surface area contributed by atoms with Crippen LogP contribution in [0, 0.1) is 0 Å². The van der Waals surface area contributed by atoms with Gasteiger partial charge in [-0.1, -0.05) is 158 Å². The van der Waals surface area contributed by atoms with Crippen LogP contribution in [-0.2, 0) is 0 Å². The first-order valence-corrected chi connectivity index (χ1v) is 22.0. The van der Waals surface area contributed by atoms with Gasteiger partial charge in [-0.25, -0.2) is 4.98 Å². The van der Waals surface area contributed by atoms with Gasteiger partial charge in [-0.15, -0.1) is 0 Å². The molecule has 6 heteroatoms. The molecule has 0 fully saturated rings. The summed E-state index contributed by atoms with van der Waals surface area (Å²) in [4.78, 5) is 16.2. The fourth-order valence-electron chi connectivity index (χ4n) is 10.4. The zero-order valence-corrected chi connectivity index (χ0v) is 35.0. The molecule has 0 unspecified atom stereocenters. The third-order valence-electron chi connectivity index (χ3n) is 13.3. The van der Waals surface area contributed by atoms with Crippen molar-refractivity contribution in [1.82, 2.24) is 28.7 Å². The lowest BCUT2D eigenvalue weighted by molar-refractivity contribution is 0.955. The van der Waals surface area contributed by atoms with Crippen LogP contribution < -0.4 is 0 Å². The van der Waals surface area contributed by atoms with Crippen LogP contribution in [0.2, 0.25) is 0 Å². The number of nitrogens with zero attached hydrogens (tertiary/aromatic N) is 6. The van der Waals surface area contributed by atoms with Crippen LogP contribution in [0.4, 0.5) is 0 Å². The number of fused-ring (bicyclic) bond motifs is 11. The van der Waals surface area contributed by atoms with Crippen molar-refractivity contribution < 1.29 is 0 Å². The molecule has 0 saturated carbocycles. The van der Waals surface area contributed by atoms with Crippen LogP contribution >= 0.6 is 0 Å². The molecule has 0 saturated heterocycles. The van der Waals surface area contributed by atoms with Crippen molar-refractivity contribution in [3.8, 4) is 40.1 Å². The van der Waals surface area contributed by atoms with Gasteiger partial charge in [-0.05, 0) is 82.2 Å². The molecular formula is C59H36N6. The Morgan fingerprint density at radius 3 is 1.00 bits per heavy atom. The number of hydrogen-bond acceptors (Lipinski definition) is 3. The predicted molar refractivity (Wildman–Crippen MR) is 269 cm³/mol. The standard InChI is InChI=1S/C59H36N6/c1-3-19-41-37(15-1)17-13-25-47(41)57-60-58(48-26-14-18-38-16-2-4-20-42(38)48)62-59(61-57)65-55-33-31-39(63-51-27-9-5-21-43(51)44-22-6-10-28-52(44)63)35-49(55)50-36-40(32-34-56(50)65)64-53-29-11-7-23-45(53)46-24-8-12-30-54(46)64/h1-36H. The topological polar surface area (TPSA) is 53.5 Å². The minimum Gasteiger partial charge on any atom is -0.309 e. The first-order valence-electron chi connectivity index (χ1n) is 22.0. The highest BCUT2D eigenvalue weighted by Gasteiger charge is 2.22. The molecule has 0 aliphatic carbocycles. The Labute approximate surface area is 372 Å². The van der Waals surface area contributed by atoms with Gasteiger partial charge in [0.1, 0.15) is 0 Å². The highest BCUT2D eigenvalue weighted by atomic mass is 15.2. The molecule has 0 atom stereocenters. The molecule has 4 heterocycles. The van der Waals surface area contributed by atoms with Gasteiger partial charge < -0.3 is 9.13 Å². The van der Waals surface area contributed by atoms with Crippen LogP contribution in [0.25, 0.3) is 127 Å². The Morgan fingerprint density at radius 2 is 0.585 bits per heavy atom. The van der Waals surface area contributed by atoms with Crippen LogP contribution in [0.5, 0.6) is 0 Å². The second kappa shape index (κ2) is 13.8. The number of benzene rings is 10. The summed E-state index contributed by atoms with van der Waals surface area (Å²) < 4.78 is 7.02. The quantitative estimate of drug-likeness (QED) is 0.174. The van der Waals surface area contributed by atoms with Crippen molar-refractivity contribution in [2.75, 3.05) is 0 Å². The maximum atomic E-state index is 5.44. The van der Waals surface area contributed by atoms with E-state index in [1.165, 1.54) is 43.6 Å². The molecule has 0 bridgehead atoms. The third-order valence-corrected chi connectivity index (χ3v) is 13.3. The Balaban J connectivity index is 1.09. The molecule has 0 aliphatic rings. The second-order valence-corrected chi connectivity index (χ2v) is 16.8. The summed E-state index contributed by atoms with van der Waals surface area (Å²) in [5.41, 5.74) is 10.7. The molecule has 10 aromatic carbocycles. The fourth-order valence-corrected chi connectivity index (χ4v) is 10.4. The Bertz CT molecular complexity index is 3880. The minimum atomic E-state index is 0.556. The zero-order valence-electron chi connectivity index (χ0n) is 35.0. The van der Waals surface area contributed by atoms with Gasteiger partial charge in [0.25, 0.3) is 0 Å². The van der Waals surface area contributed by atoms with Crippen LogP contribution in [0.3, 0.4) is 0 Å². The van der Waals surface area contributed by atoms with E-state index in [2.05, 4.69) is 232 Å². The molecule has 14 rings (SSSR count). The van der Waals surface area contributed by atoms with E-state index in [1.807, 2.05) is 0 Å². The lowest BCUT2D eigenvalue weighted by Crippen LogP contribution is -2.07. The molecule has 6 nitrogen and oxygen atoms in total. The monoisotopic (exact) mass is 828 g/mol. The predicted octanol–water partition coefficient (Wildman–Crippen LogP) is 14.8. The summed E-state index contributed by atoms with van der Waals surface area (Å²) >= 11 is 0. The maximum Gasteiger partial charge on any atom is 0.238 e. The van der Waals surface area contributed by atoms with E-state index < -0.39 is 0 Å². The summed E-state index contributed by atoms with van der Waals surface area (Å²) in [5, 5.41) is 11.5. The van der Waals surface area contributed by atoms with Gasteiger partial charge in [0.05, 0.1) is 33.1 Å². The summed E-state index contributed by atoms with van der Waals surface area (Å²) in [6, 6.07) is 78.0. The number of rotatable bonds is 5. The van der Waals surface area contributed by atoms with E-state index in [4.69, 9.17) is 15.0 Å². The molecule has 0 aliphatic heterocycles. The van der Waals surface area contributed by atoms with Crippen LogP contribution in [0.15, 0.2) is 218 Å². The van der Waals surface area contributed by atoms with E-state index in [-0.39, 0.29) is 0 Å². The Kier molecular flexibility index (Phi) is 7.59. The molecule has 0 radical (unpaired) electrons. The highest BCUT2D eigenvalue weighted by Crippen LogP contribution is 2.40. The molecule has 65 heavy (non-hydrogen) atoms. The van der Waals surface area contributed by atoms with Gasteiger partial charge in [0.2, 0.25) is 5.95 Å². The lowest BCUT2D eigenvalue weighted by Gasteiger charge is -2.13. The normalized spacial score (nSPS) is 12.0. The van der Waals surface area contributed by atoms with Gasteiger partial charge >= 0.3 is 0 Å². The maximum absolute atomic E-state index is 5.44. The van der Waals surface area contributed by atoms with E-state index in [1.54, 1.807) is 0 Å². The van der Waals surface area contributed by atoms with Crippen LogP contribution in [-0.4, -0.2) is 28.7 Å². The summed E-state index contributed by atoms with van der Waals surface area (Å²) in [5.74, 6) is 1.79. The number of para-hydroxylation sites is 4. The third kappa shape index (κ3) is 5.31. The first kappa shape index (κ1) is 35.7. The minimum absolute atomic E-state index is 0.556. The zero-order chi connectivity index (χ0) is 42.6. The average molecular weight is 829 g/mol. The van der Waals surface area contributed by atoms with E-state index in [9.17, 15) is 0 Å². The smallest absolute Gasteiger partial charge is 0.238 e. The molecule has 0 N–H and O–H groups in total. The summed E-state index contributed by atoms with van der Waals surface area (Å²) in [6.45, 7) is 0. The SMILES string of the molecule is c1ccc2c(-c3nc(-c4cccc5ccccc45)nc(-n4c5ccc(-n6c7ccccc7c7ccccc76)cc5c5cc(-n6c7ccccc7c7ccccc76)ccc54)n3)cccc2c1. The van der Waals surface area contributed by atoms with Crippen molar-refractivity contribution >= 4 is 87.0 Å². The molecule has 0 spiro atoms. The average Bonchev–Trinajstić information content (AvgIpc) is 4.01. The van der Waals surface area contributed by atoms with Gasteiger partial charge in [0, 0.05) is 54.8 Å². The molecule has 0 amide bonds. The van der Waals surface area contributed by atoms with Crippen molar-refractivity contribution in [1.29, 1.82) is 0 Å². The van der Waals surface area contributed by atoms with Crippen molar-refractivity contribution in [3.05, 3.63) is 218 Å². The molecule has 302 valence electrons. The molecule has 14 aromatic rings. The number of hydrogen-bond donors (Lipinski definition) is 0. The highest BCUT2D eigenvalue weighted by molar-refractivity contribution is 6.14. The van der Waals surface area contributed by atoms with E-state index >= 15 is 0 Å². The summed E-state index contributed by atoms with van der Waals surface area (Å²) in [6.07, 6.45) is 0.